The van der Waals surface area contributed by atoms with E-state index in [0.29, 0.717) is 18.7 Å². The van der Waals surface area contributed by atoms with Crippen molar-refractivity contribution in [3.05, 3.63) is 51.8 Å². The summed E-state index contributed by atoms with van der Waals surface area (Å²) in [4.78, 5) is 18.6. The number of carbonyl (C=O) groups excluding carboxylic acids is 1. The molecule has 1 atom stereocenters. The molecule has 0 saturated carbocycles. The number of nitrogens with zero attached hydrogens (tertiary/aromatic N) is 3. The van der Waals surface area contributed by atoms with Crippen molar-refractivity contribution < 1.29 is 18.9 Å². The summed E-state index contributed by atoms with van der Waals surface area (Å²) < 4.78 is 12.5. The first-order valence-electron chi connectivity index (χ1n) is 8.85. The predicted molar refractivity (Wildman–Crippen MR) is 98.9 cm³/mol. The lowest BCUT2D eigenvalue weighted by Crippen LogP contribution is -2.59. The topological polar surface area (TPSA) is 100 Å². The largest absolute Gasteiger partial charge is 0.625 e. The molecule has 2 aliphatic heterocycles. The van der Waals surface area contributed by atoms with Gasteiger partial charge in [0.15, 0.2) is 11.5 Å². The van der Waals surface area contributed by atoms with Crippen molar-refractivity contribution in [3.63, 3.8) is 0 Å². The molecular weight excluding hydrogens is 353 g/mol. The van der Waals surface area contributed by atoms with Crippen molar-refractivity contribution in [2.75, 3.05) is 39.8 Å². The number of aliphatic imine (C=N–C) groups is 1. The van der Waals surface area contributed by atoms with Crippen LogP contribution in [-0.2, 0) is 11.3 Å². The number of guanidine groups is 1. The quantitative estimate of drug-likeness (QED) is 0.533. The number of quaternary nitrogens is 1. The fourth-order valence-electron chi connectivity index (χ4n) is 3.20. The molecule has 3 N–H and O–H groups in total. The molecule has 0 radical (unpaired) electrons. The lowest BCUT2D eigenvalue weighted by atomic mass is 10.1. The molecule has 1 amide bonds. The zero-order valence-electron chi connectivity index (χ0n) is 15.5. The fraction of sp³-hybridized carbons (Fsp3) is 0.444. The van der Waals surface area contributed by atoms with Crippen LogP contribution in [0.5, 0.6) is 0 Å². The van der Waals surface area contributed by atoms with Gasteiger partial charge in [0.25, 0.3) is 5.91 Å². The third-order valence-corrected chi connectivity index (χ3v) is 4.65. The Bertz CT molecular complexity index is 800. The summed E-state index contributed by atoms with van der Waals surface area (Å²) in [5, 5.41) is 28.8. The van der Waals surface area contributed by atoms with Crippen molar-refractivity contribution in [2.45, 2.75) is 13.5 Å². The second kappa shape index (κ2) is 7.63. The molecule has 0 aliphatic carbocycles. The van der Waals surface area contributed by atoms with Gasteiger partial charge in [-0.2, -0.15) is 4.99 Å². The Morgan fingerprint density at radius 3 is 2.81 bits per heavy atom. The van der Waals surface area contributed by atoms with Crippen molar-refractivity contribution in [1.82, 2.24) is 15.5 Å². The molecule has 1 aromatic carbocycles. The number of benzene rings is 1. The number of hydroxylamine groups is 3. The third-order valence-electron chi connectivity index (χ3n) is 4.65. The molecule has 1 unspecified atom stereocenters. The molecule has 1 fully saturated rings. The maximum atomic E-state index is 13.3. The van der Waals surface area contributed by atoms with E-state index in [4.69, 9.17) is 0 Å². The van der Waals surface area contributed by atoms with E-state index in [1.807, 2.05) is 4.90 Å². The fourth-order valence-corrected chi connectivity index (χ4v) is 3.20. The molecule has 0 aromatic heterocycles. The lowest BCUT2D eigenvalue weighted by molar-refractivity contribution is -0.770. The maximum Gasteiger partial charge on any atom is 0.306 e. The van der Waals surface area contributed by atoms with Crippen LogP contribution in [0.4, 0.5) is 4.39 Å². The molecule has 27 heavy (non-hydrogen) atoms. The second-order valence-electron chi connectivity index (χ2n) is 6.97. The Labute approximate surface area is 157 Å². The number of amides is 1. The summed E-state index contributed by atoms with van der Waals surface area (Å²) in [6.07, 6.45) is 0. The lowest BCUT2D eigenvalue weighted by Gasteiger charge is -2.44. The highest BCUT2D eigenvalue weighted by molar-refractivity contribution is 5.96. The van der Waals surface area contributed by atoms with Crippen molar-refractivity contribution in [3.8, 4) is 0 Å². The highest BCUT2D eigenvalue weighted by Crippen LogP contribution is 2.21. The van der Waals surface area contributed by atoms with E-state index >= 15 is 0 Å². The average molecular weight is 377 g/mol. The standard InChI is InChI=1S/C18H24FN5O3/c1-12-9-13(3-4-14(12)19)10-21-17(26)16-15(25)11-24(2,27)18(22-16)23-7-5-20-6-8-23/h3-4,9,20,25H,5-8,10-11H2,1-2H3,(H,21,26). The summed E-state index contributed by atoms with van der Waals surface area (Å²) in [7, 11) is 1.41. The highest BCUT2D eigenvalue weighted by atomic mass is 19.1. The van der Waals surface area contributed by atoms with Crippen LogP contribution < -0.4 is 10.6 Å². The average Bonchev–Trinajstić information content (AvgIpc) is 2.62. The maximum absolute atomic E-state index is 13.3. The van der Waals surface area contributed by atoms with Gasteiger partial charge in [0, 0.05) is 32.7 Å². The Hall–Kier alpha value is -2.49. The van der Waals surface area contributed by atoms with Gasteiger partial charge in [-0.15, -0.1) is 0 Å². The molecule has 146 valence electrons. The van der Waals surface area contributed by atoms with Gasteiger partial charge in [-0.3, -0.25) is 9.44 Å². The normalized spacial score (nSPS) is 23.3. The molecule has 0 spiro atoms. The molecule has 2 heterocycles. The van der Waals surface area contributed by atoms with Gasteiger partial charge in [-0.1, -0.05) is 12.1 Å². The number of hydrogen-bond acceptors (Lipinski definition) is 6. The van der Waals surface area contributed by atoms with E-state index in [2.05, 4.69) is 15.6 Å². The summed E-state index contributed by atoms with van der Waals surface area (Å²) >= 11 is 0. The number of nitrogens with one attached hydrogen (secondary N) is 2. The molecule has 2 aliphatic rings. The highest BCUT2D eigenvalue weighted by Gasteiger charge is 2.35. The minimum atomic E-state index is -0.861. The van der Waals surface area contributed by atoms with Crippen LogP contribution in [-0.4, -0.2) is 66.3 Å². The van der Waals surface area contributed by atoms with Crippen LogP contribution in [0.1, 0.15) is 11.1 Å². The monoisotopic (exact) mass is 377 g/mol. The van der Waals surface area contributed by atoms with E-state index in [-0.39, 0.29) is 36.3 Å². The number of aryl methyl sites for hydroxylation is 1. The van der Waals surface area contributed by atoms with E-state index < -0.39 is 10.6 Å². The summed E-state index contributed by atoms with van der Waals surface area (Å²) in [6, 6.07) is 4.57. The molecule has 9 heteroatoms. The van der Waals surface area contributed by atoms with Gasteiger partial charge in [0.05, 0.1) is 7.05 Å². The van der Waals surface area contributed by atoms with Gasteiger partial charge in [-0.25, -0.2) is 4.39 Å². The van der Waals surface area contributed by atoms with Crippen LogP contribution in [0.2, 0.25) is 0 Å². The SMILES string of the molecule is Cc1cc(CNC(=O)C2=C(O)C[N+](C)([O-])C(N3CCNCC3)=N2)ccc1F. The predicted octanol–water partition coefficient (Wildman–Crippen LogP) is 0.739. The van der Waals surface area contributed by atoms with Gasteiger partial charge < -0.3 is 25.8 Å². The zero-order valence-corrected chi connectivity index (χ0v) is 15.5. The van der Waals surface area contributed by atoms with E-state index in [1.165, 1.54) is 13.1 Å². The Morgan fingerprint density at radius 1 is 1.44 bits per heavy atom. The summed E-state index contributed by atoms with van der Waals surface area (Å²) in [5.74, 6) is -0.992. The number of carbonyl (C=O) groups is 1. The number of piperazine rings is 1. The number of aliphatic hydroxyl groups is 1. The van der Waals surface area contributed by atoms with Crippen LogP contribution in [0.15, 0.2) is 34.6 Å². The summed E-state index contributed by atoms with van der Waals surface area (Å²) in [5.41, 5.74) is 1.07. The first-order chi connectivity index (χ1) is 12.8. The minimum Gasteiger partial charge on any atom is -0.625 e. The van der Waals surface area contributed by atoms with Crippen molar-refractivity contribution in [2.24, 2.45) is 4.99 Å². The van der Waals surface area contributed by atoms with Crippen molar-refractivity contribution >= 4 is 11.9 Å². The number of halogens is 1. The van der Waals surface area contributed by atoms with Gasteiger partial charge in [0.1, 0.15) is 12.4 Å². The van der Waals surface area contributed by atoms with Crippen LogP contribution >= 0.6 is 0 Å². The molecular formula is C18H24FN5O3. The minimum absolute atomic E-state index is 0.145. The Balaban J connectivity index is 1.76. The Kier molecular flexibility index (Phi) is 5.45. The van der Waals surface area contributed by atoms with Crippen LogP contribution in [0.3, 0.4) is 0 Å². The number of likely N-dealkylation sites (N-methyl/N-ethyl adjacent to an activating group) is 1. The molecule has 3 rings (SSSR count). The molecule has 1 aromatic rings. The van der Waals surface area contributed by atoms with E-state index in [9.17, 15) is 19.5 Å². The second-order valence-corrected chi connectivity index (χ2v) is 6.97. The number of aliphatic hydroxyl groups excluding tert-OH is 1. The van der Waals surface area contributed by atoms with E-state index in [1.54, 1.807) is 19.1 Å². The van der Waals surface area contributed by atoms with Gasteiger partial charge in [0.2, 0.25) is 0 Å². The molecule has 0 bridgehead atoms. The Morgan fingerprint density at radius 2 is 2.15 bits per heavy atom. The molecule has 1 saturated heterocycles. The zero-order chi connectivity index (χ0) is 19.6. The first kappa shape index (κ1) is 19.3. The smallest absolute Gasteiger partial charge is 0.306 e. The van der Waals surface area contributed by atoms with E-state index in [0.717, 1.165) is 18.7 Å². The molecule has 8 nitrogen and oxygen atoms in total. The van der Waals surface area contributed by atoms with Gasteiger partial charge in [-0.05, 0) is 24.1 Å². The number of rotatable bonds is 3. The first-order valence-corrected chi connectivity index (χ1v) is 8.85. The summed E-state index contributed by atoms with van der Waals surface area (Å²) in [6.45, 7) is 4.23. The third kappa shape index (κ3) is 4.26. The van der Waals surface area contributed by atoms with Crippen LogP contribution in [0, 0.1) is 17.9 Å². The van der Waals surface area contributed by atoms with Crippen LogP contribution in [0.25, 0.3) is 0 Å². The van der Waals surface area contributed by atoms with Gasteiger partial charge >= 0.3 is 5.96 Å². The van der Waals surface area contributed by atoms with Crippen molar-refractivity contribution in [1.29, 1.82) is 0 Å². The number of hydrogen-bond donors (Lipinski definition) is 3.